The lowest BCUT2D eigenvalue weighted by Gasteiger charge is -2.18. The molecule has 0 aliphatic heterocycles. The molecule has 2 aromatic rings. The van der Waals surface area contributed by atoms with Gasteiger partial charge in [-0.3, -0.25) is 4.79 Å². The van der Waals surface area contributed by atoms with Gasteiger partial charge in [0.1, 0.15) is 5.82 Å². The molecule has 0 heterocycles. The number of aliphatic carboxylic acids is 1. The average Bonchev–Trinajstić information content (AvgIpc) is 2.43. The SMILES string of the molecule is O=C(O)Cc1cccc(-c2cc(F)cc(C(F)(F)F)c2)c1C(F)(F)F. The van der Waals surface area contributed by atoms with E-state index in [9.17, 15) is 35.5 Å². The van der Waals surface area contributed by atoms with E-state index in [1.807, 2.05) is 0 Å². The summed E-state index contributed by atoms with van der Waals surface area (Å²) in [5, 5.41) is 8.74. The quantitative estimate of drug-likeness (QED) is 0.762. The van der Waals surface area contributed by atoms with Crippen LogP contribution in [-0.2, 0) is 23.6 Å². The van der Waals surface area contributed by atoms with E-state index < -0.39 is 58.4 Å². The summed E-state index contributed by atoms with van der Waals surface area (Å²) in [4.78, 5) is 10.8. The maximum atomic E-state index is 13.5. The molecule has 134 valence electrons. The minimum atomic E-state index is -5.04. The highest BCUT2D eigenvalue weighted by atomic mass is 19.4. The van der Waals surface area contributed by atoms with Crippen LogP contribution in [0, 0.1) is 5.82 Å². The van der Waals surface area contributed by atoms with Crippen molar-refractivity contribution in [2.45, 2.75) is 18.8 Å². The van der Waals surface area contributed by atoms with Gasteiger partial charge < -0.3 is 5.11 Å². The zero-order valence-electron chi connectivity index (χ0n) is 12.2. The molecular formula is C16H9F7O2. The van der Waals surface area contributed by atoms with Crippen molar-refractivity contribution in [1.29, 1.82) is 0 Å². The van der Waals surface area contributed by atoms with Crippen molar-refractivity contribution in [3.05, 3.63) is 58.9 Å². The third-order valence-electron chi connectivity index (χ3n) is 3.31. The minimum Gasteiger partial charge on any atom is -0.481 e. The Bertz CT molecular complexity index is 807. The van der Waals surface area contributed by atoms with Crippen LogP contribution in [0.5, 0.6) is 0 Å². The zero-order chi connectivity index (χ0) is 19.0. The average molecular weight is 366 g/mol. The van der Waals surface area contributed by atoms with Crippen molar-refractivity contribution in [2.24, 2.45) is 0 Å². The number of benzene rings is 2. The molecule has 0 aliphatic rings. The Morgan fingerprint density at radius 1 is 0.960 bits per heavy atom. The van der Waals surface area contributed by atoms with Gasteiger partial charge in [0.2, 0.25) is 0 Å². The van der Waals surface area contributed by atoms with Gasteiger partial charge in [-0.1, -0.05) is 18.2 Å². The second-order valence-corrected chi connectivity index (χ2v) is 5.13. The Morgan fingerprint density at radius 2 is 1.60 bits per heavy atom. The van der Waals surface area contributed by atoms with E-state index >= 15 is 0 Å². The molecule has 0 spiro atoms. The van der Waals surface area contributed by atoms with Crippen LogP contribution in [0.3, 0.4) is 0 Å². The predicted octanol–water partition coefficient (Wildman–Crippen LogP) is 5.16. The van der Waals surface area contributed by atoms with Gasteiger partial charge in [-0.25, -0.2) is 4.39 Å². The van der Waals surface area contributed by atoms with Gasteiger partial charge in [-0.15, -0.1) is 0 Å². The maximum absolute atomic E-state index is 13.5. The first kappa shape index (κ1) is 18.8. The van der Waals surface area contributed by atoms with Crippen molar-refractivity contribution in [1.82, 2.24) is 0 Å². The molecule has 0 aliphatic carbocycles. The van der Waals surface area contributed by atoms with Crippen LogP contribution in [-0.4, -0.2) is 11.1 Å². The minimum absolute atomic E-state index is 0.165. The monoisotopic (exact) mass is 366 g/mol. The second-order valence-electron chi connectivity index (χ2n) is 5.13. The number of hydrogen-bond donors (Lipinski definition) is 1. The largest absolute Gasteiger partial charge is 0.481 e. The molecule has 2 nitrogen and oxygen atoms in total. The predicted molar refractivity (Wildman–Crippen MR) is 73.2 cm³/mol. The van der Waals surface area contributed by atoms with Crippen LogP contribution in [0.15, 0.2) is 36.4 Å². The Kier molecular flexibility index (Phi) is 4.79. The van der Waals surface area contributed by atoms with E-state index in [4.69, 9.17) is 5.11 Å². The lowest BCUT2D eigenvalue weighted by Crippen LogP contribution is -2.14. The number of carboxylic acid groups (broad SMARTS) is 1. The number of carboxylic acids is 1. The topological polar surface area (TPSA) is 37.3 Å². The lowest BCUT2D eigenvalue weighted by molar-refractivity contribution is -0.139. The van der Waals surface area contributed by atoms with E-state index in [1.165, 1.54) is 0 Å². The normalized spacial score (nSPS) is 12.3. The fourth-order valence-corrected chi connectivity index (χ4v) is 2.39. The zero-order valence-corrected chi connectivity index (χ0v) is 12.2. The molecule has 0 saturated carbocycles. The molecule has 2 rings (SSSR count). The van der Waals surface area contributed by atoms with Gasteiger partial charge in [-0.05, 0) is 34.9 Å². The molecule has 9 heteroatoms. The summed E-state index contributed by atoms with van der Waals surface area (Å²) < 4.78 is 92.0. The first-order valence-electron chi connectivity index (χ1n) is 6.68. The molecule has 1 N–H and O–H groups in total. The molecule has 0 fully saturated rings. The van der Waals surface area contributed by atoms with Crippen LogP contribution in [0.4, 0.5) is 30.7 Å². The van der Waals surface area contributed by atoms with Crippen molar-refractivity contribution in [3.8, 4) is 11.1 Å². The molecule has 0 atom stereocenters. The van der Waals surface area contributed by atoms with E-state index in [0.29, 0.717) is 12.1 Å². The summed E-state index contributed by atoms with van der Waals surface area (Å²) in [5.41, 5.74) is -4.85. The van der Waals surface area contributed by atoms with E-state index in [2.05, 4.69) is 0 Å². The van der Waals surface area contributed by atoms with Crippen molar-refractivity contribution >= 4 is 5.97 Å². The third-order valence-corrected chi connectivity index (χ3v) is 3.31. The molecule has 0 amide bonds. The summed E-state index contributed by atoms with van der Waals surface area (Å²) in [7, 11) is 0. The third kappa shape index (κ3) is 4.28. The van der Waals surface area contributed by atoms with Crippen LogP contribution in [0.1, 0.15) is 16.7 Å². The van der Waals surface area contributed by atoms with E-state index in [0.717, 1.165) is 18.2 Å². The van der Waals surface area contributed by atoms with Gasteiger partial charge in [0.25, 0.3) is 0 Å². The first-order chi connectivity index (χ1) is 11.4. The summed E-state index contributed by atoms with van der Waals surface area (Å²) in [6.45, 7) is 0. The summed E-state index contributed by atoms with van der Waals surface area (Å²) in [5.74, 6) is -2.90. The van der Waals surface area contributed by atoms with Gasteiger partial charge in [-0.2, -0.15) is 26.3 Å². The molecule has 0 unspecified atom stereocenters. The van der Waals surface area contributed by atoms with Crippen LogP contribution in [0.2, 0.25) is 0 Å². The smallest absolute Gasteiger partial charge is 0.417 e. The summed E-state index contributed by atoms with van der Waals surface area (Å²) >= 11 is 0. The summed E-state index contributed by atoms with van der Waals surface area (Å²) in [6.07, 6.45) is -11.0. The maximum Gasteiger partial charge on any atom is 0.417 e. The van der Waals surface area contributed by atoms with Gasteiger partial charge in [0.15, 0.2) is 0 Å². The van der Waals surface area contributed by atoms with Crippen LogP contribution >= 0.6 is 0 Å². The van der Waals surface area contributed by atoms with Crippen molar-refractivity contribution in [2.75, 3.05) is 0 Å². The van der Waals surface area contributed by atoms with E-state index in [1.54, 1.807) is 0 Å². The Morgan fingerprint density at radius 3 is 2.12 bits per heavy atom. The highest BCUT2D eigenvalue weighted by molar-refractivity contribution is 5.75. The van der Waals surface area contributed by atoms with E-state index in [-0.39, 0.29) is 6.07 Å². The number of halogens is 7. The number of hydrogen-bond acceptors (Lipinski definition) is 1. The molecular weight excluding hydrogens is 357 g/mol. The van der Waals surface area contributed by atoms with Crippen LogP contribution in [0.25, 0.3) is 11.1 Å². The highest BCUT2D eigenvalue weighted by Gasteiger charge is 2.37. The fourth-order valence-electron chi connectivity index (χ4n) is 2.39. The number of carbonyl (C=O) groups is 1. The number of rotatable bonds is 3. The van der Waals surface area contributed by atoms with Gasteiger partial charge in [0.05, 0.1) is 17.5 Å². The molecule has 25 heavy (non-hydrogen) atoms. The molecule has 0 aromatic heterocycles. The van der Waals surface area contributed by atoms with Gasteiger partial charge in [0, 0.05) is 0 Å². The Labute approximate surface area is 136 Å². The lowest BCUT2D eigenvalue weighted by atomic mass is 9.92. The summed E-state index contributed by atoms with van der Waals surface area (Å²) in [6, 6.07) is 3.93. The van der Waals surface area contributed by atoms with Crippen molar-refractivity contribution in [3.63, 3.8) is 0 Å². The Hall–Kier alpha value is -2.58. The highest BCUT2D eigenvalue weighted by Crippen LogP contribution is 2.41. The Balaban J connectivity index is 2.75. The molecule has 0 bridgehead atoms. The molecule has 0 saturated heterocycles. The number of alkyl halides is 6. The van der Waals surface area contributed by atoms with Crippen molar-refractivity contribution < 1.29 is 40.6 Å². The molecule has 0 radical (unpaired) electrons. The standard InChI is InChI=1S/C16H9F7O2/c17-11-5-9(4-10(7-11)15(18,19)20)12-3-1-2-8(6-13(24)25)14(12)16(21,22)23/h1-5,7H,6H2,(H,24,25). The van der Waals surface area contributed by atoms with Crippen LogP contribution < -0.4 is 0 Å². The fraction of sp³-hybridized carbons (Fsp3) is 0.188. The second kappa shape index (κ2) is 6.38. The first-order valence-corrected chi connectivity index (χ1v) is 6.68. The van der Waals surface area contributed by atoms with Gasteiger partial charge >= 0.3 is 18.3 Å². The molecule has 2 aromatic carbocycles.